The number of likely N-dealkylation sites (N-methyl/N-ethyl adjacent to an activating group) is 1. The second-order valence-electron chi connectivity index (χ2n) is 8.22. The summed E-state index contributed by atoms with van der Waals surface area (Å²) in [7, 11) is 3.34. The van der Waals surface area contributed by atoms with Crippen LogP contribution in [0.5, 0.6) is 5.75 Å². The van der Waals surface area contributed by atoms with Crippen molar-refractivity contribution in [3.05, 3.63) is 89.0 Å². The number of aryl methyl sites for hydroxylation is 2. The number of rotatable bonds is 8. The summed E-state index contributed by atoms with van der Waals surface area (Å²) in [5.41, 5.74) is 5.30. The van der Waals surface area contributed by atoms with E-state index >= 15 is 0 Å². The van der Waals surface area contributed by atoms with E-state index in [4.69, 9.17) is 4.74 Å². The Morgan fingerprint density at radius 1 is 0.909 bits per heavy atom. The van der Waals surface area contributed by atoms with Gasteiger partial charge in [-0.15, -0.1) is 0 Å². The fourth-order valence-corrected chi connectivity index (χ4v) is 3.76. The summed E-state index contributed by atoms with van der Waals surface area (Å²) < 4.78 is 5.41. The lowest BCUT2D eigenvalue weighted by atomic mass is 10.0. The summed E-state index contributed by atoms with van der Waals surface area (Å²) in [4.78, 5) is 28.0. The van der Waals surface area contributed by atoms with Gasteiger partial charge >= 0.3 is 0 Å². The van der Waals surface area contributed by atoms with Gasteiger partial charge in [-0.05, 0) is 68.3 Å². The van der Waals surface area contributed by atoms with Crippen molar-refractivity contribution in [3.63, 3.8) is 0 Å². The minimum Gasteiger partial charge on any atom is -0.495 e. The van der Waals surface area contributed by atoms with Crippen LogP contribution < -0.4 is 15.4 Å². The number of ether oxygens (including phenoxy) is 1. The molecule has 0 aliphatic heterocycles. The third kappa shape index (κ3) is 5.99. The third-order valence-corrected chi connectivity index (χ3v) is 5.69. The Morgan fingerprint density at radius 3 is 2.33 bits per heavy atom. The summed E-state index contributed by atoms with van der Waals surface area (Å²) >= 11 is 0. The summed E-state index contributed by atoms with van der Waals surface area (Å²) in [6, 6.07) is 20.2. The third-order valence-electron chi connectivity index (χ3n) is 5.69. The number of nitrogens with one attached hydrogen (secondary N) is 2. The van der Waals surface area contributed by atoms with Crippen molar-refractivity contribution < 1.29 is 14.3 Å². The molecule has 0 spiro atoms. The zero-order valence-electron chi connectivity index (χ0n) is 19.8. The minimum atomic E-state index is -0.666. The minimum absolute atomic E-state index is 0.0469. The van der Waals surface area contributed by atoms with Crippen molar-refractivity contribution in [2.45, 2.75) is 26.8 Å². The van der Waals surface area contributed by atoms with E-state index in [1.165, 1.54) is 0 Å². The van der Waals surface area contributed by atoms with E-state index in [-0.39, 0.29) is 18.4 Å². The normalized spacial score (nSPS) is 11.7. The van der Waals surface area contributed by atoms with Crippen LogP contribution in [-0.2, 0) is 9.59 Å². The maximum Gasteiger partial charge on any atom is 0.246 e. The van der Waals surface area contributed by atoms with Crippen molar-refractivity contribution in [3.8, 4) is 5.75 Å². The molecule has 172 valence electrons. The van der Waals surface area contributed by atoms with E-state index in [1.807, 2.05) is 87.5 Å². The van der Waals surface area contributed by atoms with Crippen LogP contribution in [0.25, 0.3) is 0 Å². The lowest BCUT2D eigenvalue weighted by Crippen LogP contribution is -2.39. The molecule has 33 heavy (non-hydrogen) atoms. The molecule has 0 saturated heterocycles. The zero-order chi connectivity index (χ0) is 24.0. The van der Waals surface area contributed by atoms with Gasteiger partial charge in [0, 0.05) is 5.69 Å². The Hall–Kier alpha value is -3.64. The van der Waals surface area contributed by atoms with Gasteiger partial charge in [0.15, 0.2) is 0 Å². The standard InChI is InChI=1S/C27H31N3O3/c1-18-14-15-24(33-5)23(16-18)29-27(32)26(21-11-7-6-8-12-21)30(4)17-25(31)28-22-13-9-10-19(2)20(22)3/h6-16,26H,17H2,1-5H3,(H,28,31)(H,29,32). The van der Waals surface area contributed by atoms with E-state index in [9.17, 15) is 9.59 Å². The second kappa shape index (κ2) is 10.8. The number of methoxy groups -OCH3 is 1. The van der Waals surface area contributed by atoms with Gasteiger partial charge < -0.3 is 15.4 Å². The highest BCUT2D eigenvalue weighted by Crippen LogP contribution is 2.28. The Kier molecular flexibility index (Phi) is 7.85. The number of carbonyl (C=O) groups excluding carboxylic acids is 2. The molecule has 1 unspecified atom stereocenters. The van der Waals surface area contributed by atoms with Crippen LogP contribution in [0.3, 0.4) is 0 Å². The van der Waals surface area contributed by atoms with Crippen LogP contribution in [-0.4, -0.2) is 37.4 Å². The highest BCUT2D eigenvalue weighted by atomic mass is 16.5. The molecule has 6 nitrogen and oxygen atoms in total. The molecule has 0 fully saturated rings. The number of hydrogen-bond donors (Lipinski definition) is 2. The summed E-state index contributed by atoms with van der Waals surface area (Å²) in [6.45, 7) is 5.98. The van der Waals surface area contributed by atoms with E-state index in [0.717, 1.165) is 27.9 Å². The van der Waals surface area contributed by atoms with Gasteiger partial charge in [-0.3, -0.25) is 14.5 Å². The summed E-state index contributed by atoms with van der Waals surface area (Å²) in [6.07, 6.45) is 0. The largest absolute Gasteiger partial charge is 0.495 e. The lowest BCUT2D eigenvalue weighted by molar-refractivity contribution is -0.123. The average molecular weight is 446 g/mol. The van der Waals surface area contributed by atoms with Gasteiger partial charge in [-0.25, -0.2) is 0 Å². The van der Waals surface area contributed by atoms with Crippen molar-refractivity contribution in [2.75, 3.05) is 31.3 Å². The molecule has 3 aromatic carbocycles. The molecule has 6 heteroatoms. The quantitative estimate of drug-likeness (QED) is 0.519. The molecule has 2 amide bonds. The smallest absolute Gasteiger partial charge is 0.246 e. The molecule has 0 bridgehead atoms. The van der Waals surface area contributed by atoms with Crippen molar-refractivity contribution >= 4 is 23.2 Å². The van der Waals surface area contributed by atoms with Crippen LogP contribution in [0.1, 0.15) is 28.3 Å². The summed E-state index contributed by atoms with van der Waals surface area (Å²) in [5.74, 6) is 0.149. The fraction of sp³-hybridized carbons (Fsp3) is 0.259. The van der Waals surface area contributed by atoms with Gasteiger partial charge in [-0.2, -0.15) is 0 Å². The summed E-state index contributed by atoms with van der Waals surface area (Å²) in [5, 5.41) is 5.95. The van der Waals surface area contributed by atoms with Crippen molar-refractivity contribution in [1.82, 2.24) is 4.90 Å². The zero-order valence-corrected chi connectivity index (χ0v) is 19.8. The van der Waals surface area contributed by atoms with Crippen molar-refractivity contribution in [2.24, 2.45) is 0 Å². The Balaban J connectivity index is 1.82. The Labute approximate surface area is 195 Å². The van der Waals surface area contributed by atoms with E-state index in [2.05, 4.69) is 10.6 Å². The molecule has 2 N–H and O–H groups in total. The van der Waals surface area contributed by atoms with Crippen LogP contribution >= 0.6 is 0 Å². The van der Waals surface area contributed by atoms with Gasteiger partial charge in [0.25, 0.3) is 0 Å². The molecule has 0 aromatic heterocycles. The van der Waals surface area contributed by atoms with Gasteiger partial charge in [0.05, 0.1) is 19.3 Å². The molecule has 0 aliphatic rings. The molecular formula is C27H31N3O3. The number of anilines is 2. The van der Waals surface area contributed by atoms with E-state index in [1.54, 1.807) is 19.1 Å². The number of nitrogens with zero attached hydrogens (tertiary/aromatic N) is 1. The highest BCUT2D eigenvalue weighted by Gasteiger charge is 2.27. The Bertz CT molecular complexity index is 1130. The molecule has 1 atom stereocenters. The predicted molar refractivity (Wildman–Crippen MR) is 133 cm³/mol. The molecule has 0 saturated carbocycles. The van der Waals surface area contributed by atoms with E-state index in [0.29, 0.717) is 11.4 Å². The first kappa shape index (κ1) is 24.0. The molecule has 0 aliphatic carbocycles. The monoisotopic (exact) mass is 445 g/mol. The second-order valence-corrected chi connectivity index (χ2v) is 8.22. The molecule has 0 heterocycles. The molecule has 3 rings (SSSR count). The topological polar surface area (TPSA) is 70.7 Å². The van der Waals surface area contributed by atoms with Gasteiger partial charge in [0.2, 0.25) is 11.8 Å². The maximum atomic E-state index is 13.4. The first-order chi connectivity index (χ1) is 15.8. The lowest BCUT2D eigenvalue weighted by Gasteiger charge is -2.27. The van der Waals surface area contributed by atoms with Crippen LogP contribution in [0.4, 0.5) is 11.4 Å². The van der Waals surface area contributed by atoms with Gasteiger partial charge in [-0.1, -0.05) is 48.5 Å². The number of carbonyl (C=O) groups is 2. The van der Waals surface area contributed by atoms with Crippen LogP contribution in [0.2, 0.25) is 0 Å². The number of amides is 2. The molecular weight excluding hydrogens is 414 g/mol. The van der Waals surface area contributed by atoms with E-state index < -0.39 is 6.04 Å². The predicted octanol–water partition coefficient (Wildman–Crippen LogP) is 4.87. The van der Waals surface area contributed by atoms with Crippen LogP contribution in [0.15, 0.2) is 66.7 Å². The Morgan fingerprint density at radius 2 is 1.64 bits per heavy atom. The maximum absolute atomic E-state index is 13.4. The highest BCUT2D eigenvalue weighted by molar-refractivity contribution is 5.98. The fourth-order valence-electron chi connectivity index (χ4n) is 3.76. The SMILES string of the molecule is COc1ccc(C)cc1NC(=O)C(c1ccccc1)N(C)CC(=O)Nc1cccc(C)c1C. The number of hydrogen-bond acceptors (Lipinski definition) is 4. The molecule has 0 radical (unpaired) electrons. The number of benzene rings is 3. The average Bonchev–Trinajstić information content (AvgIpc) is 2.78. The molecule has 3 aromatic rings. The first-order valence-corrected chi connectivity index (χ1v) is 10.9. The van der Waals surface area contributed by atoms with Crippen LogP contribution in [0, 0.1) is 20.8 Å². The van der Waals surface area contributed by atoms with Crippen molar-refractivity contribution in [1.29, 1.82) is 0 Å². The first-order valence-electron chi connectivity index (χ1n) is 10.9. The van der Waals surface area contributed by atoms with Gasteiger partial charge in [0.1, 0.15) is 11.8 Å².